The van der Waals surface area contributed by atoms with Crippen LogP contribution in [0.15, 0.2) is 18.2 Å². The molecule has 3 nitrogen and oxygen atoms in total. The number of rotatable bonds is 3. The van der Waals surface area contributed by atoms with Crippen LogP contribution in [0.25, 0.3) is 0 Å². The van der Waals surface area contributed by atoms with Gasteiger partial charge < -0.3 is 9.84 Å². The van der Waals surface area contributed by atoms with Crippen molar-refractivity contribution in [2.24, 2.45) is 0 Å². The molecule has 0 saturated carbocycles. The van der Waals surface area contributed by atoms with E-state index in [2.05, 4.69) is 0 Å². The van der Waals surface area contributed by atoms with Gasteiger partial charge in [-0.15, -0.1) is 0 Å². The molecule has 1 atom stereocenters. The molecule has 0 aliphatic rings. The van der Waals surface area contributed by atoms with Crippen molar-refractivity contribution >= 4 is 17.6 Å². The minimum Gasteiger partial charge on any atom is -0.464 e. The first-order chi connectivity index (χ1) is 7.39. The van der Waals surface area contributed by atoms with Crippen LogP contribution in [0.3, 0.4) is 0 Å². The SMILES string of the molecule is CCOC(=O)C(C)(O)c1ccc(F)c(Cl)c1. The minimum atomic E-state index is -1.83. The molecular weight excluding hydrogens is 235 g/mol. The molecule has 5 heteroatoms. The van der Waals surface area contributed by atoms with Gasteiger partial charge in [-0.1, -0.05) is 17.7 Å². The first kappa shape index (κ1) is 12.9. The third-order valence-corrected chi connectivity index (χ3v) is 2.44. The summed E-state index contributed by atoms with van der Waals surface area (Å²) in [6.45, 7) is 3.06. The lowest BCUT2D eigenvalue weighted by atomic mass is 9.96. The molecule has 0 amide bonds. The summed E-state index contributed by atoms with van der Waals surface area (Å²) in [6, 6.07) is 3.58. The molecule has 0 bridgehead atoms. The summed E-state index contributed by atoms with van der Waals surface area (Å²) in [7, 11) is 0. The van der Waals surface area contributed by atoms with Gasteiger partial charge in [0.2, 0.25) is 0 Å². The van der Waals surface area contributed by atoms with Crippen molar-refractivity contribution in [3.05, 3.63) is 34.6 Å². The maximum Gasteiger partial charge on any atom is 0.342 e. The highest BCUT2D eigenvalue weighted by Crippen LogP contribution is 2.26. The van der Waals surface area contributed by atoms with Gasteiger partial charge in [0.15, 0.2) is 5.60 Å². The molecule has 0 radical (unpaired) electrons. The predicted octanol–water partition coefficient (Wildman–Crippen LogP) is 2.25. The van der Waals surface area contributed by atoms with Gasteiger partial charge in [0.05, 0.1) is 11.6 Å². The summed E-state index contributed by atoms with van der Waals surface area (Å²) in [5, 5.41) is 9.79. The second-order valence-electron chi connectivity index (χ2n) is 3.42. The first-order valence-corrected chi connectivity index (χ1v) is 5.12. The van der Waals surface area contributed by atoms with E-state index in [4.69, 9.17) is 16.3 Å². The van der Waals surface area contributed by atoms with E-state index in [1.54, 1.807) is 6.92 Å². The Kier molecular flexibility index (Phi) is 3.88. The molecule has 1 rings (SSSR count). The van der Waals surface area contributed by atoms with Crippen molar-refractivity contribution < 1.29 is 19.0 Å². The number of carbonyl (C=O) groups excluding carboxylic acids is 1. The fourth-order valence-corrected chi connectivity index (χ4v) is 1.37. The molecule has 0 aliphatic carbocycles. The normalized spacial score (nSPS) is 14.3. The van der Waals surface area contributed by atoms with Gasteiger partial charge in [0.25, 0.3) is 0 Å². The number of hydrogen-bond acceptors (Lipinski definition) is 3. The lowest BCUT2D eigenvalue weighted by Crippen LogP contribution is -2.34. The standard InChI is InChI=1S/C11H12ClFO3/c1-3-16-10(14)11(2,15)7-4-5-9(13)8(12)6-7/h4-6,15H,3H2,1-2H3. The van der Waals surface area contributed by atoms with E-state index >= 15 is 0 Å². The highest BCUT2D eigenvalue weighted by Gasteiger charge is 2.34. The third kappa shape index (κ3) is 2.51. The Balaban J connectivity index is 3.06. The Morgan fingerprint density at radius 3 is 2.75 bits per heavy atom. The van der Waals surface area contributed by atoms with Crippen molar-refractivity contribution in [3.8, 4) is 0 Å². The van der Waals surface area contributed by atoms with Crippen LogP contribution in [-0.2, 0) is 15.1 Å². The van der Waals surface area contributed by atoms with Gasteiger partial charge >= 0.3 is 5.97 Å². The molecule has 0 fully saturated rings. The van der Waals surface area contributed by atoms with Crippen LogP contribution in [0.2, 0.25) is 5.02 Å². The second kappa shape index (κ2) is 4.80. The van der Waals surface area contributed by atoms with Gasteiger partial charge in [-0.25, -0.2) is 9.18 Å². The van der Waals surface area contributed by atoms with E-state index in [0.717, 1.165) is 6.07 Å². The minimum absolute atomic E-state index is 0.151. The Morgan fingerprint density at radius 2 is 2.25 bits per heavy atom. The molecule has 16 heavy (non-hydrogen) atoms. The zero-order valence-corrected chi connectivity index (χ0v) is 9.71. The molecule has 0 heterocycles. The molecule has 0 spiro atoms. The molecule has 1 aromatic carbocycles. The van der Waals surface area contributed by atoms with Crippen LogP contribution >= 0.6 is 11.6 Å². The maximum absolute atomic E-state index is 12.9. The third-order valence-electron chi connectivity index (χ3n) is 2.15. The first-order valence-electron chi connectivity index (χ1n) is 4.74. The Morgan fingerprint density at radius 1 is 1.62 bits per heavy atom. The highest BCUT2D eigenvalue weighted by atomic mass is 35.5. The largest absolute Gasteiger partial charge is 0.464 e. The Bertz CT molecular complexity index is 404. The average Bonchev–Trinajstić information content (AvgIpc) is 2.22. The maximum atomic E-state index is 12.9. The number of aliphatic hydroxyl groups is 1. The summed E-state index contributed by atoms with van der Waals surface area (Å²) in [5.74, 6) is -1.40. The van der Waals surface area contributed by atoms with Crippen LogP contribution in [0.5, 0.6) is 0 Å². The van der Waals surface area contributed by atoms with E-state index in [1.807, 2.05) is 0 Å². The van der Waals surface area contributed by atoms with Gasteiger partial charge in [-0.05, 0) is 31.5 Å². The van der Waals surface area contributed by atoms with Gasteiger partial charge in [-0.3, -0.25) is 0 Å². The number of halogens is 2. The zero-order chi connectivity index (χ0) is 12.3. The van der Waals surface area contributed by atoms with Gasteiger partial charge in [0.1, 0.15) is 5.82 Å². The van der Waals surface area contributed by atoms with Crippen molar-refractivity contribution in [2.75, 3.05) is 6.61 Å². The molecular formula is C11H12ClFO3. The summed E-state index contributed by atoms with van der Waals surface area (Å²) in [4.78, 5) is 11.5. The highest BCUT2D eigenvalue weighted by molar-refractivity contribution is 6.30. The lowest BCUT2D eigenvalue weighted by Gasteiger charge is -2.21. The van der Waals surface area contributed by atoms with Crippen molar-refractivity contribution in [2.45, 2.75) is 19.4 Å². The van der Waals surface area contributed by atoms with Crippen LogP contribution in [0, 0.1) is 5.82 Å². The molecule has 0 saturated heterocycles. The Labute approximate surface area is 97.8 Å². The van der Waals surface area contributed by atoms with Crippen LogP contribution in [0.4, 0.5) is 4.39 Å². The topological polar surface area (TPSA) is 46.5 Å². The van der Waals surface area contributed by atoms with Crippen LogP contribution in [-0.4, -0.2) is 17.7 Å². The lowest BCUT2D eigenvalue weighted by molar-refractivity contribution is -0.164. The average molecular weight is 247 g/mol. The van der Waals surface area contributed by atoms with E-state index in [-0.39, 0.29) is 17.2 Å². The van der Waals surface area contributed by atoms with Crippen molar-refractivity contribution in [1.82, 2.24) is 0 Å². The van der Waals surface area contributed by atoms with E-state index in [9.17, 15) is 14.3 Å². The van der Waals surface area contributed by atoms with Crippen molar-refractivity contribution in [3.63, 3.8) is 0 Å². The summed E-state index contributed by atoms with van der Waals surface area (Å²) in [6.07, 6.45) is 0. The van der Waals surface area contributed by atoms with Gasteiger partial charge in [-0.2, -0.15) is 0 Å². The summed E-state index contributed by atoms with van der Waals surface area (Å²) in [5.41, 5.74) is -1.63. The fraction of sp³-hybridized carbons (Fsp3) is 0.364. The summed E-state index contributed by atoms with van der Waals surface area (Å²) < 4.78 is 17.6. The van der Waals surface area contributed by atoms with E-state index in [0.29, 0.717) is 0 Å². The molecule has 0 aliphatic heterocycles. The molecule has 1 N–H and O–H groups in total. The molecule has 88 valence electrons. The Hall–Kier alpha value is -1.13. The van der Waals surface area contributed by atoms with E-state index in [1.165, 1.54) is 19.1 Å². The number of benzene rings is 1. The molecule has 1 aromatic rings. The van der Waals surface area contributed by atoms with E-state index < -0.39 is 17.4 Å². The fourth-order valence-electron chi connectivity index (χ4n) is 1.19. The predicted molar refractivity (Wildman–Crippen MR) is 57.6 cm³/mol. The van der Waals surface area contributed by atoms with Crippen molar-refractivity contribution in [1.29, 1.82) is 0 Å². The van der Waals surface area contributed by atoms with Crippen LogP contribution in [0.1, 0.15) is 19.4 Å². The summed E-state index contributed by atoms with van der Waals surface area (Å²) >= 11 is 5.56. The second-order valence-corrected chi connectivity index (χ2v) is 3.83. The molecule has 0 aromatic heterocycles. The quantitative estimate of drug-likeness (QED) is 0.832. The van der Waals surface area contributed by atoms with Gasteiger partial charge in [0, 0.05) is 0 Å². The number of esters is 1. The smallest absolute Gasteiger partial charge is 0.342 e. The number of ether oxygens (including phenoxy) is 1. The van der Waals surface area contributed by atoms with Crippen LogP contribution < -0.4 is 0 Å². The molecule has 1 unspecified atom stereocenters. The number of hydrogen-bond donors (Lipinski definition) is 1. The zero-order valence-electron chi connectivity index (χ0n) is 8.96. The number of carbonyl (C=O) groups is 1. The monoisotopic (exact) mass is 246 g/mol.